The smallest absolute Gasteiger partial charge is 0.128 e. The van der Waals surface area contributed by atoms with Crippen LogP contribution in [-0.4, -0.2) is 15.9 Å². The number of phenolic OH excluding ortho intramolecular Hbond substituents is 2. The van der Waals surface area contributed by atoms with Crippen LogP contribution in [0.3, 0.4) is 0 Å². The maximum absolute atomic E-state index is 9.38. The first-order valence-corrected chi connectivity index (χ1v) is 3.67. The lowest BCUT2D eigenvalue weighted by atomic mass is 10.1. The fraction of sp³-hybridized carbons (Fsp3) is 0.125. The molecular formula is C8H11N3O2. The molecule has 1 aromatic carbocycles. The van der Waals surface area contributed by atoms with Gasteiger partial charge in [0.25, 0.3) is 0 Å². The van der Waals surface area contributed by atoms with Crippen molar-refractivity contribution in [3.8, 4) is 11.5 Å². The van der Waals surface area contributed by atoms with Crippen molar-refractivity contribution < 1.29 is 10.2 Å². The summed E-state index contributed by atoms with van der Waals surface area (Å²) in [5.74, 6) is 4.96. The summed E-state index contributed by atoms with van der Waals surface area (Å²) in [5, 5.41) is 22.1. The van der Waals surface area contributed by atoms with Gasteiger partial charge in [-0.3, -0.25) is 0 Å². The summed E-state index contributed by atoms with van der Waals surface area (Å²) >= 11 is 0. The first-order valence-electron chi connectivity index (χ1n) is 3.67. The number of nitrogens with zero attached hydrogens (tertiary/aromatic N) is 1. The van der Waals surface area contributed by atoms with E-state index in [0.717, 1.165) is 0 Å². The largest absolute Gasteiger partial charge is 0.508 e. The van der Waals surface area contributed by atoms with Crippen LogP contribution in [0.25, 0.3) is 0 Å². The van der Waals surface area contributed by atoms with E-state index in [-0.39, 0.29) is 11.5 Å². The highest BCUT2D eigenvalue weighted by Gasteiger charge is 2.04. The van der Waals surface area contributed by atoms with Gasteiger partial charge in [-0.05, 0) is 19.1 Å². The SMILES string of the molecule is C/C(=N\NN)c1ccc(O)cc1O. The molecule has 5 nitrogen and oxygen atoms in total. The zero-order valence-corrected chi connectivity index (χ0v) is 7.15. The number of hydrazone groups is 1. The van der Waals surface area contributed by atoms with Crippen LogP contribution in [0.1, 0.15) is 12.5 Å². The highest BCUT2D eigenvalue weighted by molar-refractivity contribution is 6.00. The predicted molar refractivity (Wildman–Crippen MR) is 49.3 cm³/mol. The van der Waals surface area contributed by atoms with Crippen molar-refractivity contribution in [3.05, 3.63) is 23.8 Å². The minimum atomic E-state index is -0.0310. The fourth-order valence-electron chi connectivity index (χ4n) is 0.983. The first kappa shape index (κ1) is 9.34. The van der Waals surface area contributed by atoms with Crippen LogP contribution < -0.4 is 11.4 Å². The molecule has 0 saturated heterocycles. The molecule has 0 saturated carbocycles. The second-order valence-electron chi connectivity index (χ2n) is 2.53. The molecule has 5 heteroatoms. The van der Waals surface area contributed by atoms with E-state index in [1.165, 1.54) is 12.1 Å². The summed E-state index contributed by atoms with van der Waals surface area (Å²) < 4.78 is 0. The molecule has 1 rings (SSSR count). The van der Waals surface area contributed by atoms with Crippen LogP contribution in [0.2, 0.25) is 0 Å². The molecule has 0 atom stereocenters. The Morgan fingerprint density at radius 1 is 1.46 bits per heavy atom. The molecule has 0 aliphatic heterocycles. The van der Waals surface area contributed by atoms with Crippen molar-refractivity contribution in [2.45, 2.75) is 6.92 Å². The van der Waals surface area contributed by atoms with Gasteiger partial charge in [0.2, 0.25) is 0 Å². The number of rotatable bonds is 2. The molecule has 0 spiro atoms. The van der Waals surface area contributed by atoms with E-state index in [9.17, 15) is 5.11 Å². The third kappa shape index (κ3) is 2.09. The van der Waals surface area contributed by atoms with Crippen molar-refractivity contribution in [3.63, 3.8) is 0 Å². The molecule has 0 aliphatic carbocycles. The Bertz CT molecular complexity index is 336. The standard InChI is InChI=1S/C8H11N3O2/c1-5(10-11-9)7-3-2-6(12)4-8(7)13/h2-4,11-13H,9H2,1H3/b10-5+. The van der Waals surface area contributed by atoms with Crippen LogP contribution in [0.15, 0.2) is 23.3 Å². The quantitative estimate of drug-likeness (QED) is 0.300. The highest BCUT2D eigenvalue weighted by Crippen LogP contribution is 2.22. The van der Waals surface area contributed by atoms with Crippen molar-refractivity contribution in [1.29, 1.82) is 0 Å². The second kappa shape index (κ2) is 3.77. The van der Waals surface area contributed by atoms with Gasteiger partial charge in [0.1, 0.15) is 11.5 Å². The average molecular weight is 181 g/mol. The zero-order valence-electron chi connectivity index (χ0n) is 7.15. The lowest BCUT2D eigenvalue weighted by molar-refractivity contribution is 0.450. The van der Waals surface area contributed by atoms with Gasteiger partial charge in [0.05, 0.1) is 5.71 Å². The second-order valence-corrected chi connectivity index (χ2v) is 2.53. The van der Waals surface area contributed by atoms with Crippen LogP contribution in [-0.2, 0) is 0 Å². The number of nitrogens with one attached hydrogen (secondary N) is 1. The van der Waals surface area contributed by atoms with Crippen molar-refractivity contribution in [1.82, 2.24) is 5.53 Å². The Balaban J connectivity index is 3.09. The molecule has 0 aromatic heterocycles. The Morgan fingerprint density at radius 2 is 2.15 bits per heavy atom. The molecule has 13 heavy (non-hydrogen) atoms. The Hall–Kier alpha value is -1.75. The van der Waals surface area contributed by atoms with Gasteiger partial charge in [0.15, 0.2) is 0 Å². The average Bonchev–Trinajstić information content (AvgIpc) is 2.04. The van der Waals surface area contributed by atoms with Gasteiger partial charge in [0, 0.05) is 11.6 Å². The third-order valence-corrected chi connectivity index (χ3v) is 1.60. The Morgan fingerprint density at radius 3 is 2.69 bits per heavy atom. The molecule has 0 aliphatic rings. The van der Waals surface area contributed by atoms with Gasteiger partial charge in [-0.15, -0.1) is 0 Å². The van der Waals surface area contributed by atoms with E-state index in [2.05, 4.69) is 10.6 Å². The van der Waals surface area contributed by atoms with E-state index < -0.39 is 0 Å². The van der Waals surface area contributed by atoms with Crippen molar-refractivity contribution in [2.75, 3.05) is 0 Å². The normalized spacial score (nSPS) is 11.4. The summed E-state index contributed by atoms with van der Waals surface area (Å²) in [6, 6.07) is 4.26. The summed E-state index contributed by atoms with van der Waals surface area (Å²) in [4.78, 5) is 0. The number of hydrogen-bond acceptors (Lipinski definition) is 5. The molecule has 0 bridgehead atoms. The van der Waals surface area contributed by atoms with Crippen LogP contribution in [0.4, 0.5) is 0 Å². The molecule has 0 unspecified atom stereocenters. The minimum Gasteiger partial charge on any atom is -0.508 e. The molecule has 0 amide bonds. The molecule has 0 radical (unpaired) electrons. The van der Waals surface area contributed by atoms with Crippen LogP contribution >= 0.6 is 0 Å². The summed E-state index contributed by atoms with van der Waals surface area (Å²) in [6.45, 7) is 1.69. The Labute approximate surface area is 75.5 Å². The number of nitrogens with two attached hydrogens (primary N) is 1. The first-order chi connectivity index (χ1) is 6.15. The molecule has 5 N–H and O–H groups in total. The van der Waals surface area contributed by atoms with Crippen LogP contribution in [0.5, 0.6) is 11.5 Å². The summed E-state index contributed by atoms with van der Waals surface area (Å²) in [6.07, 6.45) is 0. The van der Waals surface area contributed by atoms with Gasteiger partial charge >= 0.3 is 0 Å². The monoisotopic (exact) mass is 181 g/mol. The Kier molecular flexibility index (Phi) is 2.71. The van der Waals surface area contributed by atoms with E-state index >= 15 is 0 Å². The van der Waals surface area contributed by atoms with Crippen molar-refractivity contribution in [2.24, 2.45) is 10.9 Å². The van der Waals surface area contributed by atoms with Crippen molar-refractivity contribution >= 4 is 5.71 Å². The van der Waals surface area contributed by atoms with E-state index in [4.69, 9.17) is 10.9 Å². The maximum Gasteiger partial charge on any atom is 0.128 e. The van der Waals surface area contributed by atoms with Gasteiger partial charge < -0.3 is 10.2 Å². The number of hydrazine groups is 1. The fourth-order valence-corrected chi connectivity index (χ4v) is 0.983. The van der Waals surface area contributed by atoms with E-state index in [1.807, 2.05) is 0 Å². The topological polar surface area (TPSA) is 90.9 Å². The lowest BCUT2D eigenvalue weighted by Crippen LogP contribution is -2.16. The number of hydrogen-bond donors (Lipinski definition) is 4. The molecular weight excluding hydrogens is 170 g/mol. The minimum absolute atomic E-state index is 0.00903. The van der Waals surface area contributed by atoms with Crippen LogP contribution in [0, 0.1) is 0 Å². The van der Waals surface area contributed by atoms with Gasteiger partial charge in [-0.1, -0.05) is 0 Å². The van der Waals surface area contributed by atoms with E-state index in [1.54, 1.807) is 13.0 Å². The van der Waals surface area contributed by atoms with Gasteiger partial charge in [-0.25, -0.2) is 11.4 Å². The molecule has 70 valence electrons. The number of phenols is 2. The molecule has 0 heterocycles. The summed E-state index contributed by atoms with van der Waals surface area (Å²) in [7, 11) is 0. The van der Waals surface area contributed by atoms with E-state index in [0.29, 0.717) is 11.3 Å². The number of aromatic hydroxyl groups is 2. The zero-order chi connectivity index (χ0) is 9.84. The van der Waals surface area contributed by atoms with Gasteiger partial charge in [-0.2, -0.15) is 5.10 Å². The molecule has 0 fully saturated rings. The summed E-state index contributed by atoms with van der Waals surface area (Å²) in [5.41, 5.74) is 3.19. The highest BCUT2D eigenvalue weighted by atomic mass is 16.3. The predicted octanol–water partition coefficient (Wildman–Crippen LogP) is 0.285. The lowest BCUT2D eigenvalue weighted by Gasteiger charge is -2.03. The maximum atomic E-state index is 9.38. The molecule has 1 aromatic rings. The third-order valence-electron chi connectivity index (χ3n) is 1.60. The number of benzene rings is 1.